The van der Waals surface area contributed by atoms with Gasteiger partial charge in [-0.15, -0.1) is 0 Å². The van der Waals surface area contributed by atoms with Gasteiger partial charge in [0.1, 0.15) is 18.1 Å². The molecule has 5 heteroatoms. The van der Waals surface area contributed by atoms with Crippen molar-refractivity contribution >= 4 is 17.4 Å². The second kappa shape index (κ2) is 9.58. The fourth-order valence-corrected chi connectivity index (χ4v) is 5.09. The van der Waals surface area contributed by atoms with Crippen LogP contribution in [0.25, 0.3) is 0 Å². The van der Waals surface area contributed by atoms with Crippen molar-refractivity contribution in [1.29, 1.82) is 0 Å². The molecule has 1 aromatic carbocycles. The third kappa shape index (κ3) is 6.70. The van der Waals surface area contributed by atoms with Crippen LogP contribution in [0.2, 0.25) is 5.02 Å². The number of hydrogen-bond donors (Lipinski definition) is 2. The van der Waals surface area contributed by atoms with Crippen LogP contribution < -0.4 is 4.74 Å². The van der Waals surface area contributed by atoms with E-state index in [2.05, 4.69) is 0 Å². The Kier molecular flexibility index (Phi) is 7.53. The molecule has 0 aliphatic heterocycles. The van der Waals surface area contributed by atoms with Gasteiger partial charge in [-0.2, -0.15) is 0 Å². The second-order valence-corrected chi connectivity index (χ2v) is 10.9. The summed E-state index contributed by atoms with van der Waals surface area (Å²) in [4.78, 5) is 12.9. The number of ether oxygens (including phenoxy) is 1. The predicted molar refractivity (Wildman–Crippen MR) is 120 cm³/mol. The number of rotatable bonds is 8. The number of hydrogen-bond acceptors (Lipinski definition) is 4. The molecule has 0 spiro atoms. The number of carbonyl (C=O) groups excluding carboxylic acids is 1. The Balaban J connectivity index is 1.48. The normalized spacial score (nSPS) is 29.9. The molecule has 30 heavy (non-hydrogen) atoms. The zero-order valence-electron chi connectivity index (χ0n) is 18.6. The highest BCUT2D eigenvalue weighted by Gasteiger charge is 2.35. The van der Waals surface area contributed by atoms with Crippen molar-refractivity contribution < 1.29 is 19.7 Å². The van der Waals surface area contributed by atoms with E-state index in [1.807, 2.05) is 19.1 Å². The molecule has 2 aliphatic carbocycles. The van der Waals surface area contributed by atoms with Gasteiger partial charge in [0.15, 0.2) is 0 Å². The highest BCUT2D eigenvalue weighted by Crippen LogP contribution is 2.38. The van der Waals surface area contributed by atoms with Gasteiger partial charge in [-0.25, -0.2) is 0 Å². The maximum atomic E-state index is 12.9. The fraction of sp³-hybridized carbons (Fsp3) is 0.720. The summed E-state index contributed by atoms with van der Waals surface area (Å²) < 4.78 is 5.60. The molecule has 0 bridgehead atoms. The average molecular weight is 437 g/mol. The summed E-state index contributed by atoms with van der Waals surface area (Å²) in [6, 6.07) is 5.58. The molecule has 3 rings (SSSR count). The Morgan fingerprint density at radius 2 is 1.80 bits per heavy atom. The fourth-order valence-electron chi connectivity index (χ4n) is 4.84. The van der Waals surface area contributed by atoms with Gasteiger partial charge in [0.25, 0.3) is 0 Å². The molecular weight excluding hydrogens is 400 g/mol. The van der Waals surface area contributed by atoms with Crippen LogP contribution in [0.5, 0.6) is 5.75 Å². The summed E-state index contributed by atoms with van der Waals surface area (Å²) >= 11 is 6.45. The SMILES string of the molecule is CC(C)(O)COc1ccc(CC2CCC(CCC3CCC(C)(O)CC3)C2=O)c(Cl)c1. The minimum absolute atomic E-state index is 0.0581. The molecule has 2 fully saturated rings. The lowest BCUT2D eigenvalue weighted by Gasteiger charge is -2.33. The predicted octanol–water partition coefficient (Wildman–Crippen LogP) is 5.35. The van der Waals surface area contributed by atoms with E-state index < -0.39 is 11.2 Å². The lowest BCUT2D eigenvalue weighted by Crippen LogP contribution is -2.30. The van der Waals surface area contributed by atoms with Crippen molar-refractivity contribution in [3.05, 3.63) is 28.8 Å². The number of halogens is 1. The first-order valence-corrected chi connectivity index (χ1v) is 11.8. The second-order valence-electron chi connectivity index (χ2n) is 10.4. The first-order valence-electron chi connectivity index (χ1n) is 11.4. The van der Waals surface area contributed by atoms with Crippen LogP contribution in [0, 0.1) is 17.8 Å². The molecule has 2 N–H and O–H groups in total. The van der Waals surface area contributed by atoms with E-state index in [-0.39, 0.29) is 18.4 Å². The zero-order valence-corrected chi connectivity index (χ0v) is 19.4. The highest BCUT2D eigenvalue weighted by molar-refractivity contribution is 6.31. The van der Waals surface area contributed by atoms with E-state index in [0.717, 1.165) is 56.9 Å². The monoisotopic (exact) mass is 436 g/mol. The van der Waals surface area contributed by atoms with Crippen molar-refractivity contribution in [3.8, 4) is 5.75 Å². The van der Waals surface area contributed by atoms with Crippen LogP contribution in [-0.2, 0) is 11.2 Å². The molecule has 1 aromatic rings. The zero-order chi connectivity index (χ0) is 21.9. The Bertz CT molecular complexity index is 727. The first kappa shape index (κ1) is 23.6. The average Bonchev–Trinajstić information content (AvgIpc) is 3.00. The molecule has 2 aliphatic rings. The topological polar surface area (TPSA) is 66.8 Å². The van der Waals surface area contributed by atoms with Crippen molar-refractivity contribution in [2.75, 3.05) is 6.61 Å². The highest BCUT2D eigenvalue weighted by atomic mass is 35.5. The van der Waals surface area contributed by atoms with Crippen LogP contribution >= 0.6 is 11.6 Å². The molecule has 2 atom stereocenters. The van der Waals surface area contributed by atoms with Gasteiger partial charge in [0, 0.05) is 16.9 Å². The number of ketones is 1. The minimum atomic E-state index is -0.897. The largest absolute Gasteiger partial charge is 0.491 e. The van der Waals surface area contributed by atoms with Crippen LogP contribution in [0.4, 0.5) is 0 Å². The molecule has 2 unspecified atom stereocenters. The third-order valence-electron chi connectivity index (χ3n) is 6.86. The molecule has 0 heterocycles. The molecule has 0 amide bonds. The maximum absolute atomic E-state index is 12.9. The van der Waals surface area contributed by atoms with E-state index in [1.54, 1.807) is 19.9 Å². The summed E-state index contributed by atoms with van der Waals surface area (Å²) in [5.74, 6) is 1.93. The van der Waals surface area contributed by atoms with Crippen LogP contribution in [0.1, 0.15) is 77.7 Å². The summed E-state index contributed by atoms with van der Waals surface area (Å²) in [6.07, 6.45) is 8.62. The standard InChI is InChI=1S/C25H37ClO4/c1-24(2,28)16-30-21-9-8-19(22(26)15-21)14-20-7-6-18(23(20)27)5-4-17-10-12-25(3,29)13-11-17/h8-9,15,17-18,20,28-29H,4-7,10-14,16H2,1-3H3. The lowest BCUT2D eigenvalue weighted by molar-refractivity contribution is -0.124. The van der Waals surface area contributed by atoms with Gasteiger partial charge in [-0.3, -0.25) is 4.79 Å². The Labute approximate surface area is 186 Å². The summed E-state index contributed by atoms with van der Waals surface area (Å²) in [5.41, 5.74) is -0.397. The van der Waals surface area contributed by atoms with Crippen LogP contribution in [0.15, 0.2) is 18.2 Å². The minimum Gasteiger partial charge on any atom is -0.491 e. The molecule has 0 aromatic heterocycles. The van der Waals surface area contributed by atoms with Gasteiger partial charge in [0.2, 0.25) is 0 Å². The van der Waals surface area contributed by atoms with Gasteiger partial charge < -0.3 is 14.9 Å². The molecule has 2 saturated carbocycles. The summed E-state index contributed by atoms with van der Waals surface area (Å²) in [7, 11) is 0. The first-order chi connectivity index (χ1) is 14.0. The Morgan fingerprint density at radius 3 is 2.43 bits per heavy atom. The van der Waals surface area contributed by atoms with E-state index in [1.165, 1.54) is 0 Å². The van der Waals surface area contributed by atoms with Crippen molar-refractivity contribution in [2.45, 2.75) is 89.8 Å². The molecular formula is C25H37ClO4. The van der Waals surface area contributed by atoms with E-state index in [4.69, 9.17) is 16.3 Å². The number of Topliss-reactive ketones (excluding diaryl/α,β-unsaturated/α-hetero) is 1. The van der Waals surface area contributed by atoms with Gasteiger partial charge in [0.05, 0.1) is 11.2 Å². The summed E-state index contributed by atoms with van der Waals surface area (Å²) in [5, 5.41) is 20.5. The van der Waals surface area contributed by atoms with Gasteiger partial charge in [-0.1, -0.05) is 17.7 Å². The van der Waals surface area contributed by atoms with Crippen molar-refractivity contribution in [3.63, 3.8) is 0 Å². The lowest BCUT2D eigenvalue weighted by atomic mass is 9.77. The molecule has 4 nitrogen and oxygen atoms in total. The van der Waals surface area contributed by atoms with Crippen molar-refractivity contribution in [2.24, 2.45) is 17.8 Å². The van der Waals surface area contributed by atoms with E-state index in [9.17, 15) is 15.0 Å². The summed E-state index contributed by atoms with van der Waals surface area (Å²) in [6.45, 7) is 5.53. The molecule has 0 saturated heterocycles. The smallest absolute Gasteiger partial charge is 0.139 e. The van der Waals surface area contributed by atoms with Crippen molar-refractivity contribution in [1.82, 2.24) is 0 Å². The van der Waals surface area contributed by atoms with Crippen LogP contribution in [-0.4, -0.2) is 33.8 Å². The number of aliphatic hydroxyl groups is 2. The maximum Gasteiger partial charge on any atom is 0.139 e. The quantitative estimate of drug-likeness (QED) is 0.576. The van der Waals surface area contributed by atoms with E-state index >= 15 is 0 Å². The number of benzene rings is 1. The number of carbonyl (C=O) groups is 1. The Hall–Kier alpha value is -1.10. The van der Waals surface area contributed by atoms with E-state index in [0.29, 0.717) is 28.9 Å². The third-order valence-corrected chi connectivity index (χ3v) is 7.21. The molecule has 168 valence electrons. The molecule has 0 radical (unpaired) electrons. The van der Waals surface area contributed by atoms with Gasteiger partial charge in [-0.05, 0) is 102 Å². The Morgan fingerprint density at radius 1 is 1.13 bits per heavy atom. The van der Waals surface area contributed by atoms with Gasteiger partial charge >= 0.3 is 0 Å². The van der Waals surface area contributed by atoms with Crippen LogP contribution in [0.3, 0.4) is 0 Å².